The van der Waals surface area contributed by atoms with Crippen LogP contribution in [0.4, 0.5) is 5.69 Å². The van der Waals surface area contributed by atoms with Crippen molar-refractivity contribution >= 4 is 60.1 Å². The van der Waals surface area contributed by atoms with Gasteiger partial charge in [-0.3, -0.25) is 9.59 Å². The Morgan fingerprint density at radius 2 is 1.69 bits per heavy atom. The van der Waals surface area contributed by atoms with Crippen LogP contribution in [0.5, 0.6) is 0 Å². The molecular weight excluding hydrogens is 644 g/mol. The average molecular weight is 675 g/mol. The van der Waals surface area contributed by atoms with Gasteiger partial charge in [0.2, 0.25) is 20.0 Å². The Morgan fingerprint density at radius 3 is 2.42 bits per heavy atom. The number of nitrogens with one attached hydrogen (secondary N) is 3. The topological polar surface area (TPSA) is 164 Å². The molecule has 0 saturated carbocycles. The summed E-state index contributed by atoms with van der Waals surface area (Å²) in [6.45, 7) is 1.96. The number of carbonyl (C=O) groups is 2. The summed E-state index contributed by atoms with van der Waals surface area (Å²) in [6, 6.07) is 15.8. The summed E-state index contributed by atoms with van der Waals surface area (Å²) in [5, 5.41) is 3.72. The largest absolute Gasteiger partial charge is 0.454 e. The molecule has 0 bridgehead atoms. The van der Waals surface area contributed by atoms with E-state index in [1.807, 2.05) is 24.3 Å². The van der Waals surface area contributed by atoms with E-state index in [1.54, 1.807) is 19.2 Å². The van der Waals surface area contributed by atoms with E-state index in [-0.39, 0.29) is 48.2 Å². The molecule has 2 heterocycles. The van der Waals surface area contributed by atoms with Crippen LogP contribution in [0, 0.1) is 6.92 Å². The maximum Gasteiger partial charge on any atom is 0.325 e. The van der Waals surface area contributed by atoms with Crippen LogP contribution >= 0.6 is 11.6 Å². The molecule has 1 amide bonds. The number of benzene rings is 3. The number of hydrogen-bond acceptors (Lipinski definition) is 8. The molecular formula is C30H31ClN4O8S2. The molecule has 1 aromatic heterocycles. The smallest absolute Gasteiger partial charge is 0.325 e. The quantitative estimate of drug-likeness (QED) is 0.204. The lowest BCUT2D eigenvalue weighted by Crippen LogP contribution is -2.44. The van der Waals surface area contributed by atoms with E-state index in [2.05, 4.69) is 15.0 Å². The first-order valence-electron chi connectivity index (χ1n) is 13.9. The molecule has 3 aromatic carbocycles. The van der Waals surface area contributed by atoms with E-state index in [0.717, 1.165) is 10.9 Å². The van der Waals surface area contributed by atoms with Crippen molar-refractivity contribution in [2.75, 3.05) is 38.2 Å². The number of sulfonamides is 2. The first-order valence-corrected chi connectivity index (χ1v) is 17.2. The number of nitrogens with zero attached hydrogens (tertiary/aromatic N) is 1. The van der Waals surface area contributed by atoms with Crippen molar-refractivity contribution in [1.29, 1.82) is 0 Å². The molecule has 15 heteroatoms. The molecule has 3 N–H and O–H groups in total. The monoisotopic (exact) mass is 674 g/mol. The molecule has 238 valence electrons. The van der Waals surface area contributed by atoms with Crippen LogP contribution in [-0.2, 0) is 45.5 Å². The van der Waals surface area contributed by atoms with Crippen LogP contribution in [0.1, 0.15) is 11.1 Å². The lowest BCUT2D eigenvalue weighted by atomic mass is 10.1. The Hall–Kier alpha value is -3.79. The number of aromatic nitrogens is 1. The minimum Gasteiger partial charge on any atom is -0.454 e. The molecule has 0 radical (unpaired) electrons. The Bertz CT molecular complexity index is 1920. The van der Waals surface area contributed by atoms with Crippen molar-refractivity contribution in [2.24, 2.45) is 0 Å². The zero-order valence-electron chi connectivity index (χ0n) is 24.2. The Balaban J connectivity index is 1.30. The lowest BCUT2D eigenvalue weighted by molar-refractivity contribution is -0.149. The van der Waals surface area contributed by atoms with Gasteiger partial charge in [0.05, 0.1) is 23.0 Å². The van der Waals surface area contributed by atoms with Crippen LogP contribution in [0.15, 0.2) is 82.7 Å². The molecule has 0 spiro atoms. The third-order valence-corrected chi connectivity index (χ3v) is 10.9. The summed E-state index contributed by atoms with van der Waals surface area (Å²) >= 11 is 5.91. The number of rotatable bonds is 11. The molecule has 1 atom stereocenters. The Kier molecular flexibility index (Phi) is 9.91. The normalized spacial score (nSPS) is 15.1. The van der Waals surface area contributed by atoms with Gasteiger partial charge in [-0.2, -0.15) is 9.03 Å². The predicted molar refractivity (Wildman–Crippen MR) is 168 cm³/mol. The number of para-hydroxylation sites is 1. The highest BCUT2D eigenvalue weighted by Gasteiger charge is 2.30. The molecule has 1 fully saturated rings. The van der Waals surface area contributed by atoms with E-state index < -0.39 is 44.6 Å². The molecule has 4 aromatic rings. The van der Waals surface area contributed by atoms with Gasteiger partial charge >= 0.3 is 5.97 Å². The second-order valence-corrected chi connectivity index (χ2v) is 14.4. The molecule has 1 unspecified atom stereocenters. The van der Waals surface area contributed by atoms with E-state index in [1.165, 1.54) is 40.7 Å². The van der Waals surface area contributed by atoms with Gasteiger partial charge in [0.1, 0.15) is 6.04 Å². The number of aromatic amines is 1. The number of H-pyrrole nitrogens is 1. The molecule has 0 aliphatic carbocycles. The summed E-state index contributed by atoms with van der Waals surface area (Å²) in [4.78, 5) is 29.1. The number of morpholine rings is 1. The third-order valence-electron chi connectivity index (χ3n) is 7.24. The highest BCUT2D eigenvalue weighted by molar-refractivity contribution is 7.89. The Labute approximate surface area is 265 Å². The van der Waals surface area contributed by atoms with Gasteiger partial charge in [-0.25, -0.2) is 16.8 Å². The van der Waals surface area contributed by atoms with Crippen LogP contribution in [0.2, 0.25) is 5.02 Å². The molecule has 12 nitrogen and oxygen atoms in total. The number of anilines is 1. The number of carbonyl (C=O) groups excluding carboxylic acids is 2. The van der Waals surface area contributed by atoms with Crippen LogP contribution in [-0.4, -0.2) is 77.0 Å². The highest BCUT2D eigenvalue weighted by atomic mass is 35.5. The molecule has 1 saturated heterocycles. The average Bonchev–Trinajstić information content (AvgIpc) is 3.43. The Morgan fingerprint density at radius 1 is 1.00 bits per heavy atom. The summed E-state index contributed by atoms with van der Waals surface area (Å²) in [5.41, 5.74) is 2.27. The van der Waals surface area contributed by atoms with Gasteiger partial charge in [-0.05, 0) is 60.5 Å². The second kappa shape index (κ2) is 13.7. The van der Waals surface area contributed by atoms with Gasteiger partial charge in [0.15, 0.2) is 6.61 Å². The van der Waals surface area contributed by atoms with Gasteiger partial charge < -0.3 is 19.8 Å². The van der Waals surface area contributed by atoms with E-state index in [0.29, 0.717) is 16.1 Å². The zero-order valence-corrected chi connectivity index (χ0v) is 26.5. The van der Waals surface area contributed by atoms with Crippen molar-refractivity contribution < 1.29 is 35.9 Å². The number of halogens is 1. The minimum absolute atomic E-state index is 0.00214. The van der Waals surface area contributed by atoms with Gasteiger partial charge in [-0.15, -0.1) is 0 Å². The van der Waals surface area contributed by atoms with Crippen molar-refractivity contribution in [3.8, 4) is 0 Å². The predicted octanol–water partition coefficient (Wildman–Crippen LogP) is 3.22. The number of esters is 1. The van der Waals surface area contributed by atoms with Crippen LogP contribution < -0.4 is 10.0 Å². The molecule has 5 rings (SSSR count). The van der Waals surface area contributed by atoms with Gasteiger partial charge in [0.25, 0.3) is 5.91 Å². The lowest BCUT2D eigenvalue weighted by Gasteiger charge is -2.26. The maximum atomic E-state index is 13.3. The van der Waals surface area contributed by atoms with Crippen molar-refractivity contribution in [2.45, 2.75) is 29.2 Å². The van der Waals surface area contributed by atoms with Crippen molar-refractivity contribution in [3.05, 3.63) is 89.1 Å². The summed E-state index contributed by atoms with van der Waals surface area (Å²) < 4.78 is 66.8. The van der Waals surface area contributed by atoms with Crippen molar-refractivity contribution in [1.82, 2.24) is 14.0 Å². The number of amides is 1. The van der Waals surface area contributed by atoms with Crippen LogP contribution in [0.25, 0.3) is 10.9 Å². The van der Waals surface area contributed by atoms with Gasteiger partial charge in [-0.1, -0.05) is 35.9 Å². The minimum atomic E-state index is -4.19. The number of aryl methyl sites for hydroxylation is 1. The summed E-state index contributed by atoms with van der Waals surface area (Å²) in [7, 11) is -8.00. The van der Waals surface area contributed by atoms with E-state index in [4.69, 9.17) is 21.1 Å². The second-order valence-electron chi connectivity index (χ2n) is 10.3. The molecule has 1 aliphatic rings. The van der Waals surface area contributed by atoms with E-state index >= 15 is 0 Å². The third kappa shape index (κ3) is 7.72. The standard InChI is InChI=1S/C30H31ClN4O8S2/c1-20-6-9-24(45(40,41)35-12-14-42-15-13-35)17-27(20)33-29(36)19-43-30(37)28(16-21-18-32-26-5-3-2-4-25(21)26)34-44(38,39)23-10-7-22(31)8-11-23/h2-11,17-18,28,32,34H,12-16,19H2,1H3,(H,33,36). The highest BCUT2D eigenvalue weighted by Crippen LogP contribution is 2.24. The number of hydrogen-bond donors (Lipinski definition) is 3. The number of fused-ring (bicyclic) bond motifs is 1. The van der Waals surface area contributed by atoms with Gasteiger partial charge in [0, 0.05) is 47.3 Å². The SMILES string of the molecule is Cc1ccc(S(=O)(=O)N2CCOCC2)cc1NC(=O)COC(=O)C(Cc1c[nH]c2ccccc12)NS(=O)(=O)c1ccc(Cl)cc1. The number of ether oxygens (including phenoxy) is 2. The maximum absolute atomic E-state index is 13.3. The summed E-state index contributed by atoms with van der Waals surface area (Å²) in [5.74, 6) is -1.72. The zero-order chi connectivity index (χ0) is 32.2. The first-order chi connectivity index (χ1) is 21.4. The molecule has 45 heavy (non-hydrogen) atoms. The fourth-order valence-corrected chi connectivity index (χ4v) is 7.56. The van der Waals surface area contributed by atoms with Crippen LogP contribution in [0.3, 0.4) is 0 Å². The fraction of sp³-hybridized carbons (Fsp3) is 0.267. The van der Waals surface area contributed by atoms with Crippen molar-refractivity contribution in [3.63, 3.8) is 0 Å². The first kappa shape index (κ1) is 32.6. The fourth-order valence-electron chi connectivity index (χ4n) is 4.82. The van der Waals surface area contributed by atoms with E-state index in [9.17, 15) is 26.4 Å². The molecule has 1 aliphatic heterocycles. The summed E-state index contributed by atoms with van der Waals surface area (Å²) in [6.07, 6.45) is 1.60.